The summed E-state index contributed by atoms with van der Waals surface area (Å²) in [6.45, 7) is 10.2. The minimum absolute atomic E-state index is 0.0131. The molecule has 0 aliphatic heterocycles. The van der Waals surface area contributed by atoms with Crippen molar-refractivity contribution in [1.29, 1.82) is 0 Å². The van der Waals surface area contributed by atoms with Crippen molar-refractivity contribution in [2.24, 2.45) is 0 Å². The van der Waals surface area contributed by atoms with Crippen LogP contribution in [-0.2, 0) is 35.1 Å². The lowest BCUT2D eigenvalue weighted by Gasteiger charge is -2.23. The maximum atomic E-state index is 12.0. The standard InChI is InChI=1S/C42H40O8/c1-24(2)41(45)49-22-28(43)21-48-20-26-14-16-33-35(18-26)29-10-6-8-12-31(29)39-34-17-15-27(40(47-5)37(44)23-50-42(46)25(3)4)19-36(34)30-11-7-9-13-32(30)38(33)39/h6-19,28,37,40,43-44H,1,3,20-23H2,2,4-5H3. The number of carbonyl (C=O) groups is 2. The number of hydrogen-bond acceptors (Lipinski definition) is 8. The Bertz CT molecular complexity index is 2290. The molecule has 0 spiro atoms. The first-order valence-corrected chi connectivity index (χ1v) is 16.4. The highest BCUT2D eigenvalue weighted by atomic mass is 16.6. The summed E-state index contributed by atoms with van der Waals surface area (Å²) in [5.41, 5.74) is 2.24. The van der Waals surface area contributed by atoms with Crippen molar-refractivity contribution in [3.05, 3.63) is 120 Å². The van der Waals surface area contributed by atoms with E-state index in [2.05, 4.69) is 61.7 Å². The normalized spacial score (nSPS) is 13.5. The van der Waals surface area contributed by atoms with Crippen molar-refractivity contribution in [2.45, 2.75) is 38.8 Å². The second kappa shape index (κ2) is 14.8. The number of carbonyl (C=O) groups excluding carboxylic acids is 2. The number of rotatable bonds is 13. The predicted molar refractivity (Wildman–Crippen MR) is 197 cm³/mol. The zero-order valence-electron chi connectivity index (χ0n) is 28.4. The summed E-state index contributed by atoms with van der Waals surface area (Å²) in [5.74, 6) is -1.11. The van der Waals surface area contributed by atoms with Crippen molar-refractivity contribution in [2.75, 3.05) is 26.9 Å². The Kier molecular flexibility index (Phi) is 10.3. The number of fused-ring (bicyclic) bond motifs is 11. The molecule has 3 unspecified atom stereocenters. The van der Waals surface area contributed by atoms with Crippen LogP contribution >= 0.6 is 0 Å². The first-order chi connectivity index (χ1) is 24.1. The summed E-state index contributed by atoms with van der Waals surface area (Å²) < 4.78 is 21.8. The van der Waals surface area contributed by atoms with Gasteiger partial charge in [0, 0.05) is 18.3 Å². The van der Waals surface area contributed by atoms with Crippen LogP contribution < -0.4 is 0 Å². The number of methoxy groups -OCH3 is 1. The van der Waals surface area contributed by atoms with Crippen molar-refractivity contribution in [3.8, 4) is 0 Å². The Morgan fingerprint density at radius 3 is 1.70 bits per heavy atom. The highest BCUT2D eigenvalue weighted by Crippen LogP contribution is 2.44. The van der Waals surface area contributed by atoms with Crippen LogP contribution in [0.3, 0.4) is 0 Å². The molecule has 0 bridgehead atoms. The zero-order valence-corrected chi connectivity index (χ0v) is 28.4. The molecule has 8 heteroatoms. The molecule has 0 heterocycles. The molecule has 0 aromatic heterocycles. The molecule has 0 saturated heterocycles. The van der Waals surface area contributed by atoms with Gasteiger partial charge >= 0.3 is 11.9 Å². The van der Waals surface area contributed by atoms with E-state index >= 15 is 0 Å². The molecule has 256 valence electrons. The maximum absolute atomic E-state index is 12.0. The fourth-order valence-corrected chi connectivity index (χ4v) is 6.55. The Morgan fingerprint density at radius 1 is 0.640 bits per heavy atom. The Morgan fingerprint density at radius 2 is 1.14 bits per heavy atom. The van der Waals surface area contributed by atoms with E-state index in [0.29, 0.717) is 0 Å². The summed E-state index contributed by atoms with van der Waals surface area (Å²) >= 11 is 0. The molecule has 6 aromatic carbocycles. The smallest absolute Gasteiger partial charge is 0.333 e. The highest BCUT2D eigenvalue weighted by molar-refractivity contribution is 6.39. The summed E-state index contributed by atoms with van der Waals surface area (Å²) in [7, 11) is 1.53. The van der Waals surface area contributed by atoms with Gasteiger partial charge in [0.25, 0.3) is 0 Å². The molecule has 2 N–H and O–H groups in total. The van der Waals surface area contributed by atoms with Crippen LogP contribution in [0, 0.1) is 0 Å². The second-order valence-electron chi connectivity index (χ2n) is 12.7. The van der Waals surface area contributed by atoms with Crippen LogP contribution in [0.25, 0.3) is 53.9 Å². The van der Waals surface area contributed by atoms with Crippen molar-refractivity contribution in [3.63, 3.8) is 0 Å². The molecule has 0 amide bonds. The molecule has 8 nitrogen and oxygen atoms in total. The van der Waals surface area contributed by atoms with Gasteiger partial charge in [0.05, 0.1) is 13.2 Å². The molecule has 0 aliphatic carbocycles. The summed E-state index contributed by atoms with van der Waals surface area (Å²) in [6, 6.07) is 29.0. The van der Waals surface area contributed by atoms with Crippen LogP contribution in [0.5, 0.6) is 0 Å². The lowest BCUT2D eigenvalue weighted by Crippen LogP contribution is -2.27. The van der Waals surface area contributed by atoms with Crippen molar-refractivity contribution in [1.82, 2.24) is 0 Å². The zero-order chi connectivity index (χ0) is 35.5. The lowest BCUT2D eigenvalue weighted by atomic mass is 9.86. The van der Waals surface area contributed by atoms with E-state index < -0.39 is 30.3 Å². The van der Waals surface area contributed by atoms with E-state index in [9.17, 15) is 19.8 Å². The number of benzene rings is 6. The van der Waals surface area contributed by atoms with Gasteiger partial charge in [-0.25, -0.2) is 9.59 Å². The topological polar surface area (TPSA) is 112 Å². The molecule has 50 heavy (non-hydrogen) atoms. The average Bonchev–Trinajstić information content (AvgIpc) is 3.12. The minimum atomic E-state index is -1.09. The first-order valence-electron chi connectivity index (χ1n) is 16.4. The average molecular weight is 673 g/mol. The highest BCUT2D eigenvalue weighted by Gasteiger charge is 2.24. The second-order valence-corrected chi connectivity index (χ2v) is 12.7. The van der Waals surface area contributed by atoms with Crippen molar-refractivity contribution < 1.29 is 38.7 Å². The van der Waals surface area contributed by atoms with Gasteiger partial charge in [0.2, 0.25) is 0 Å². The summed E-state index contributed by atoms with van der Waals surface area (Å²) in [4.78, 5) is 23.6. The quantitative estimate of drug-likeness (QED) is 0.0733. The number of aliphatic hydroxyl groups excluding tert-OH is 2. The third-order valence-corrected chi connectivity index (χ3v) is 8.89. The van der Waals surface area contributed by atoms with E-state index in [0.717, 1.165) is 65.0 Å². The first kappa shape index (κ1) is 34.7. The van der Waals surface area contributed by atoms with Crippen LogP contribution in [-0.4, -0.2) is 61.3 Å². The molecule has 0 radical (unpaired) electrons. The Labute approximate surface area is 290 Å². The Balaban J connectivity index is 1.42. The lowest BCUT2D eigenvalue weighted by molar-refractivity contribution is -0.145. The van der Waals surface area contributed by atoms with E-state index in [1.807, 2.05) is 36.4 Å². The molecule has 3 atom stereocenters. The molecule has 6 aromatic rings. The predicted octanol–water partition coefficient (Wildman–Crippen LogP) is 7.62. The fraction of sp³-hybridized carbons (Fsp3) is 0.238. The van der Waals surface area contributed by atoms with E-state index in [1.54, 1.807) is 13.8 Å². The fourth-order valence-electron chi connectivity index (χ4n) is 6.55. The van der Waals surface area contributed by atoms with Gasteiger partial charge in [-0.2, -0.15) is 0 Å². The molecular weight excluding hydrogens is 632 g/mol. The van der Waals surface area contributed by atoms with Gasteiger partial charge in [-0.1, -0.05) is 86.0 Å². The number of esters is 2. The van der Waals surface area contributed by atoms with E-state index in [1.165, 1.54) is 7.11 Å². The van der Waals surface area contributed by atoms with Crippen LogP contribution in [0.1, 0.15) is 31.1 Å². The van der Waals surface area contributed by atoms with Crippen LogP contribution in [0.4, 0.5) is 0 Å². The monoisotopic (exact) mass is 672 g/mol. The van der Waals surface area contributed by atoms with Crippen LogP contribution in [0.15, 0.2) is 109 Å². The van der Waals surface area contributed by atoms with Gasteiger partial charge in [-0.15, -0.1) is 0 Å². The SMILES string of the molecule is C=C(C)C(=O)OCC(O)COCc1ccc2c(c1)c1ccccc1c1c3ccc(C(OC)C(O)COC(=O)C(=C)C)cc3c3ccccc3c21. The number of ether oxygens (including phenoxy) is 4. The number of hydrogen-bond donors (Lipinski definition) is 2. The number of aliphatic hydroxyl groups is 2. The van der Waals surface area contributed by atoms with Gasteiger partial charge < -0.3 is 29.2 Å². The Hall–Kier alpha value is -5.12. The third kappa shape index (κ3) is 6.84. The van der Waals surface area contributed by atoms with Crippen molar-refractivity contribution >= 4 is 65.8 Å². The molecule has 6 rings (SSSR count). The molecule has 0 saturated carbocycles. The summed E-state index contributed by atoms with van der Waals surface area (Å²) in [6.07, 6.45) is -2.77. The molecule has 0 aliphatic rings. The molecular formula is C42H40O8. The minimum Gasteiger partial charge on any atom is -0.460 e. The molecule has 0 fully saturated rings. The maximum Gasteiger partial charge on any atom is 0.333 e. The van der Waals surface area contributed by atoms with E-state index in [-0.39, 0.29) is 37.6 Å². The van der Waals surface area contributed by atoms with Gasteiger partial charge in [-0.05, 0) is 91.0 Å². The van der Waals surface area contributed by atoms with Gasteiger partial charge in [0.15, 0.2) is 0 Å². The van der Waals surface area contributed by atoms with Crippen LogP contribution in [0.2, 0.25) is 0 Å². The largest absolute Gasteiger partial charge is 0.460 e. The van der Waals surface area contributed by atoms with Gasteiger partial charge in [-0.3, -0.25) is 0 Å². The van der Waals surface area contributed by atoms with Gasteiger partial charge in [0.1, 0.15) is 31.5 Å². The third-order valence-electron chi connectivity index (χ3n) is 8.89. The summed E-state index contributed by atoms with van der Waals surface area (Å²) in [5, 5.41) is 32.1. The van der Waals surface area contributed by atoms with E-state index in [4.69, 9.17) is 18.9 Å².